The number of ketones is 1. The van der Waals surface area contributed by atoms with Crippen molar-refractivity contribution in [3.63, 3.8) is 0 Å². The van der Waals surface area contributed by atoms with Gasteiger partial charge < -0.3 is 26.6 Å². The van der Waals surface area contributed by atoms with Crippen molar-refractivity contribution in [2.45, 2.75) is 56.9 Å². The van der Waals surface area contributed by atoms with Gasteiger partial charge in [-0.3, -0.25) is 24.1 Å². The third-order valence-electron chi connectivity index (χ3n) is 8.78. The molecule has 0 radical (unpaired) electrons. The number of likely N-dealkylation sites (tertiary alicyclic amines) is 1. The Balaban J connectivity index is 1.29. The SMILES string of the molecule is NC(N)N1CCC[C@H](C[C@H](NC(=O)CN2C(=O)CN(CCCc3ccccc3)C(=O)[C@H]2Cc2ccccc2)C(=O)c2nccs2)C1. The maximum atomic E-state index is 13.9. The van der Waals surface area contributed by atoms with Crippen molar-refractivity contribution >= 4 is 34.8 Å². The third-order valence-corrected chi connectivity index (χ3v) is 9.57. The monoisotopic (exact) mass is 645 g/mol. The second kappa shape index (κ2) is 16.0. The number of piperazine rings is 1. The van der Waals surface area contributed by atoms with E-state index in [2.05, 4.69) is 10.3 Å². The Bertz CT molecular complexity index is 1450. The van der Waals surface area contributed by atoms with Crippen molar-refractivity contribution in [3.05, 3.63) is 88.4 Å². The molecule has 3 aromatic rings. The van der Waals surface area contributed by atoms with E-state index in [1.54, 1.807) is 16.5 Å². The maximum Gasteiger partial charge on any atom is 0.246 e. The number of thiazole rings is 1. The lowest BCUT2D eigenvalue weighted by Gasteiger charge is -2.40. The van der Waals surface area contributed by atoms with Gasteiger partial charge in [-0.25, -0.2) is 4.98 Å². The number of hydrogen-bond donors (Lipinski definition) is 3. The van der Waals surface area contributed by atoms with Crippen LogP contribution in [-0.2, 0) is 27.2 Å². The molecule has 244 valence electrons. The van der Waals surface area contributed by atoms with E-state index in [0.717, 1.165) is 37.8 Å². The Kier molecular flexibility index (Phi) is 11.6. The van der Waals surface area contributed by atoms with E-state index in [0.29, 0.717) is 24.5 Å². The molecular weight excluding hydrogens is 602 g/mol. The van der Waals surface area contributed by atoms with Crippen LogP contribution in [0.25, 0.3) is 0 Å². The maximum absolute atomic E-state index is 13.9. The molecule has 0 spiro atoms. The molecule has 0 unspecified atom stereocenters. The summed E-state index contributed by atoms with van der Waals surface area (Å²) in [5, 5.41) is 4.94. The molecule has 11 nitrogen and oxygen atoms in total. The summed E-state index contributed by atoms with van der Waals surface area (Å²) in [6.07, 6.45) is 4.91. The number of piperidine rings is 1. The number of Topliss-reactive ketones (excluding diaryl/α,β-unsaturated/α-hetero) is 1. The van der Waals surface area contributed by atoms with Crippen LogP contribution in [0.1, 0.15) is 46.6 Å². The summed E-state index contributed by atoms with van der Waals surface area (Å²) in [6, 6.07) is 17.8. The number of amides is 3. The number of rotatable bonds is 14. The van der Waals surface area contributed by atoms with Crippen LogP contribution < -0.4 is 16.8 Å². The predicted molar refractivity (Wildman–Crippen MR) is 176 cm³/mol. The number of nitrogens with two attached hydrogens (primary N) is 2. The predicted octanol–water partition coefficient (Wildman–Crippen LogP) is 2.03. The first-order chi connectivity index (χ1) is 22.3. The largest absolute Gasteiger partial charge is 0.344 e. The lowest BCUT2D eigenvalue weighted by Crippen LogP contribution is -2.62. The summed E-state index contributed by atoms with van der Waals surface area (Å²) >= 11 is 1.22. The standard InChI is InChI=1S/C34H43N7O4S/c35-34(36)40-17-8-14-26(21-40)19-27(31(44)32-37-15-18-46-32)38-29(42)22-41-28(20-25-11-5-2-6-12-25)33(45)39(23-30(41)43)16-7-13-24-9-3-1-4-10-24/h1-6,9-12,15,18,26-28,34H,7-8,13-14,16-17,19-23,35-36H2,(H,38,42)/t26-,27+,28-/m1/s1. The second-order valence-electron chi connectivity index (χ2n) is 12.1. The highest BCUT2D eigenvalue weighted by Gasteiger charge is 2.40. The van der Waals surface area contributed by atoms with Crippen molar-refractivity contribution in [1.82, 2.24) is 25.0 Å². The Morgan fingerprint density at radius 1 is 1.02 bits per heavy atom. The Morgan fingerprint density at radius 2 is 1.74 bits per heavy atom. The minimum absolute atomic E-state index is 0.0889. The number of nitrogens with zero attached hydrogens (tertiary/aromatic N) is 4. The molecule has 46 heavy (non-hydrogen) atoms. The molecule has 2 saturated heterocycles. The van der Waals surface area contributed by atoms with E-state index in [4.69, 9.17) is 11.5 Å². The fraction of sp³-hybridized carbons (Fsp3) is 0.441. The van der Waals surface area contributed by atoms with E-state index in [1.807, 2.05) is 65.6 Å². The Hall–Kier alpha value is -3.97. The average molecular weight is 646 g/mol. The Morgan fingerprint density at radius 3 is 2.41 bits per heavy atom. The number of benzene rings is 2. The number of aryl methyl sites for hydroxylation is 1. The van der Waals surface area contributed by atoms with E-state index in [1.165, 1.54) is 21.8 Å². The van der Waals surface area contributed by atoms with Crippen molar-refractivity contribution in [2.75, 3.05) is 32.7 Å². The first-order valence-electron chi connectivity index (χ1n) is 15.9. The topological polar surface area (TPSA) is 155 Å². The van der Waals surface area contributed by atoms with Gasteiger partial charge >= 0.3 is 0 Å². The molecule has 0 saturated carbocycles. The minimum Gasteiger partial charge on any atom is -0.344 e. The van der Waals surface area contributed by atoms with Crippen LogP contribution in [0.3, 0.4) is 0 Å². The lowest BCUT2D eigenvalue weighted by atomic mass is 9.90. The quantitative estimate of drug-likeness (QED) is 0.178. The van der Waals surface area contributed by atoms with Crippen LogP contribution in [-0.4, -0.2) is 94.3 Å². The van der Waals surface area contributed by atoms with E-state index in [-0.39, 0.29) is 43.0 Å². The number of aromatic nitrogens is 1. The second-order valence-corrected chi connectivity index (χ2v) is 13.0. The summed E-state index contributed by atoms with van der Waals surface area (Å²) in [5.41, 5.74) is 13.9. The molecule has 2 aliphatic rings. The van der Waals surface area contributed by atoms with Gasteiger partial charge in [-0.05, 0) is 49.1 Å². The highest BCUT2D eigenvalue weighted by molar-refractivity contribution is 7.11. The van der Waals surface area contributed by atoms with Gasteiger partial charge in [-0.1, -0.05) is 60.7 Å². The van der Waals surface area contributed by atoms with Crippen molar-refractivity contribution in [1.29, 1.82) is 0 Å². The molecule has 0 bridgehead atoms. The van der Waals surface area contributed by atoms with Crippen molar-refractivity contribution < 1.29 is 19.2 Å². The summed E-state index contributed by atoms with van der Waals surface area (Å²) in [4.78, 5) is 63.7. The smallest absolute Gasteiger partial charge is 0.246 e. The van der Waals surface area contributed by atoms with Crippen LogP contribution in [0.4, 0.5) is 0 Å². The molecule has 1 aromatic heterocycles. The van der Waals surface area contributed by atoms with Gasteiger partial charge in [0.05, 0.1) is 12.6 Å². The summed E-state index contributed by atoms with van der Waals surface area (Å²) in [7, 11) is 0. The third kappa shape index (κ3) is 8.85. The highest BCUT2D eigenvalue weighted by Crippen LogP contribution is 2.24. The van der Waals surface area contributed by atoms with Crippen LogP contribution in [0.15, 0.2) is 72.2 Å². The van der Waals surface area contributed by atoms with Crippen molar-refractivity contribution in [2.24, 2.45) is 17.4 Å². The van der Waals surface area contributed by atoms with Gasteiger partial charge in [0.25, 0.3) is 0 Å². The normalized spacial score (nSPS) is 19.8. The molecule has 3 atom stereocenters. The molecular formula is C34H43N7O4S. The number of nitrogens with one attached hydrogen (secondary N) is 1. The van der Waals surface area contributed by atoms with Gasteiger partial charge in [0.2, 0.25) is 23.5 Å². The van der Waals surface area contributed by atoms with E-state index in [9.17, 15) is 19.2 Å². The molecule has 3 heterocycles. The summed E-state index contributed by atoms with van der Waals surface area (Å²) in [6.45, 7) is 1.42. The van der Waals surface area contributed by atoms with Crippen LogP contribution in [0.5, 0.6) is 0 Å². The minimum atomic E-state index is -0.838. The number of carbonyl (C=O) groups excluding carboxylic acids is 4. The molecule has 5 rings (SSSR count). The zero-order valence-corrected chi connectivity index (χ0v) is 26.8. The summed E-state index contributed by atoms with van der Waals surface area (Å²) < 4.78 is 0. The lowest BCUT2D eigenvalue weighted by molar-refractivity contribution is -0.157. The van der Waals surface area contributed by atoms with E-state index < -0.39 is 24.3 Å². The first-order valence-corrected chi connectivity index (χ1v) is 16.8. The molecule has 3 amide bonds. The molecule has 2 aromatic carbocycles. The van der Waals surface area contributed by atoms with Crippen molar-refractivity contribution in [3.8, 4) is 0 Å². The summed E-state index contributed by atoms with van der Waals surface area (Å²) in [5.74, 6) is -1.15. The number of hydrogen-bond acceptors (Lipinski definition) is 9. The molecule has 0 aliphatic carbocycles. The first kappa shape index (κ1) is 33.4. The molecule has 12 heteroatoms. The molecule has 2 fully saturated rings. The van der Waals surface area contributed by atoms with Gasteiger partial charge in [-0.15, -0.1) is 11.3 Å². The fourth-order valence-corrected chi connectivity index (χ4v) is 7.04. The Labute approximate surface area is 273 Å². The van der Waals surface area contributed by atoms with Gasteiger partial charge in [0.1, 0.15) is 18.9 Å². The highest BCUT2D eigenvalue weighted by atomic mass is 32.1. The molecule has 2 aliphatic heterocycles. The zero-order valence-electron chi connectivity index (χ0n) is 26.0. The average Bonchev–Trinajstić information content (AvgIpc) is 3.61. The van der Waals surface area contributed by atoms with Crippen LogP contribution in [0.2, 0.25) is 0 Å². The zero-order chi connectivity index (χ0) is 32.5. The number of carbonyl (C=O) groups is 4. The van der Waals surface area contributed by atoms with Gasteiger partial charge in [0, 0.05) is 37.6 Å². The van der Waals surface area contributed by atoms with Crippen LogP contribution in [0, 0.1) is 5.92 Å². The van der Waals surface area contributed by atoms with Gasteiger partial charge in [-0.2, -0.15) is 0 Å². The van der Waals surface area contributed by atoms with Gasteiger partial charge in [0.15, 0.2) is 5.01 Å². The van der Waals surface area contributed by atoms with E-state index >= 15 is 0 Å². The fourth-order valence-electron chi connectivity index (χ4n) is 6.41. The van der Waals surface area contributed by atoms with Crippen LogP contribution >= 0.6 is 11.3 Å². The molecule has 5 N–H and O–H groups in total.